The molecule has 1 aliphatic carbocycles. The third kappa shape index (κ3) is 3.98. The third-order valence-corrected chi connectivity index (χ3v) is 7.49. The van der Waals surface area contributed by atoms with E-state index < -0.39 is 17.5 Å². The molecule has 0 N–H and O–H groups in total. The van der Waals surface area contributed by atoms with Crippen LogP contribution in [0.15, 0.2) is 40.9 Å². The molecule has 35 heavy (non-hydrogen) atoms. The van der Waals surface area contributed by atoms with E-state index in [2.05, 4.69) is 10.1 Å². The number of nitrogens with zero attached hydrogens (tertiary/aromatic N) is 3. The highest BCUT2D eigenvalue weighted by atomic mass is 19.1. The van der Waals surface area contributed by atoms with Crippen LogP contribution in [0, 0.1) is 28.8 Å². The molecular formula is C27H24F3N3O2. The van der Waals surface area contributed by atoms with Gasteiger partial charge >= 0.3 is 0 Å². The zero-order valence-electron chi connectivity index (χ0n) is 19.0. The lowest BCUT2D eigenvalue weighted by atomic mass is 9.98. The lowest BCUT2D eigenvalue weighted by molar-refractivity contribution is 0.0147. The van der Waals surface area contributed by atoms with Crippen molar-refractivity contribution in [3.8, 4) is 17.3 Å². The van der Waals surface area contributed by atoms with Crippen molar-refractivity contribution >= 4 is 5.69 Å². The van der Waals surface area contributed by atoms with Crippen molar-refractivity contribution in [2.24, 2.45) is 0 Å². The predicted octanol–water partition coefficient (Wildman–Crippen LogP) is 6.22. The molecule has 3 aromatic rings. The van der Waals surface area contributed by atoms with Crippen LogP contribution in [0.1, 0.15) is 61.3 Å². The fourth-order valence-corrected chi connectivity index (χ4v) is 5.69. The minimum atomic E-state index is -0.678. The molecule has 1 unspecified atom stereocenters. The minimum Gasteiger partial charge on any atom is -0.373 e. The first-order valence-electron chi connectivity index (χ1n) is 12.1. The Bertz CT molecular complexity index is 1280. The summed E-state index contributed by atoms with van der Waals surface area (Å²) in [6.07, 6.45) is 5.40. The smallest absolute Gasteiger partial charge is 0.145 e. The van der Waals surface area contributed by atoms with E-state index in [1.54, 1.807) is 0 Å². The molecule has 1 aromatic heterocycles. The molecule has 1 saturated carbocycles. The van der Waals surface area contributed by atoms with Gasteiger partial charge in [0.2, 0.25) is 0 Å². The van der Waals surface area contributed by atoms with Crippen molar-refractivity contribution in [1.29, 1.82) is 5.26 Å². The molecule has 3 aliphatic rings. The molecule has 3 atom stereocenters. The fraction of sp³-hybridized carbons (Fsp3) is 0.407. The van der Waals surface area contributed by atoms with Crippen molar-refractivity contribution in [2.45, 2.75) is 69.2 Å². The molecule has 6 rings (SSSR count). The van der Waals surface area contributed by atoms with Crippen molar-refractivity contribution < 1.29 is 22.4 Å². The molecule has 5 nitrogen and oxygen atoms in total. The van der Waals surface area contributed by atoms with Crippen LogP contribution in [0.25, 0.3) is 11.3 Å². The quantitative estimate of drug-likeness (QED) is 0.420. The number of piperidine rings is 1. The number of aromatic nitrogens is 1. The molecule has 8 heteroatoms. The van der Waals surface area contributed by atoms with E-state index in [1.807, 2.05) is 12.1 Å². The second-order valence-corrected chi connectivity index (χ2v) is 9.72. The van der Waals surface area contributed by atoms with Gasteiger partial charge in [-0.05, 0) is 68.9 Å². The molecule has 2 aliphatic heterocycles. The monoisotopic (exact) mass is 479 g/mol. The molecule has 3 fully saturated rings. The van der Waals surface area contributed by atoms with E-state index in [-0.39, 0.29) is 47.5 Å². The molecule has 0 spiro atoms. The SMILES string of the molecule is N#Cc1ccc(N2[C@@H]3CC[C@H]2CC(OCc2c(-c4c(F)cccc4F)noc2C2CC2)C3)cc1F. The molecule has 2 aromatic carbocycles. The molecular weight excluding hydrogens is 455 g/mol. The standard InChI is InChI=1S/C27H24F3N3O2/c28-22-2-1-3-23(29)25(22)26-21(27(35-32-26)15-4-5-15)14-34-20-10-17-8-9-18(11-20)33(17)19-7-6-16(13-31)24(30)12-19/h1-3,6-7,12,15,17-18,20H,4-5,8-11,14H2/t17-,18+,20?. The zero-order chi connectivity index (χ0) is 24.1. The maximum atomic E-state index is 14.5. The van der Waals surface area contributed by atoms with Gasteiger partial charge in [0.05, 0.1) is 23.8 Å². The number of hydrogen-bond acceptors (Lipinski definition) is 5. The van der Waals surface area contributed by atoms with Crippen LogP contribution in [-0.4, -0.2) is 23.3 Å². The number of halogens is 3. The van der Waals surface area contributed by atoms with Gasteiger partial charge in [-0.1, -0.05) is 11.2 Å². The van der Waals surface area contributed by atoms with Gasteiger partial charge in [0, 0.05) is 29.3 Å². The number of benzene rings is 2. The average Bonchev–Trinajstić information content (AvgIpc) is 3.55. The summed E-state index contributed by atoms with van der Waals surface area (Å²) in [6.45, 7) is 0.175. The number of anilines is 1. The number of nitriles is 1. The predicted molar refractivity (Wildman–Crippen MR) is 122 cm³/mol. The van der Waals surface area contributed by atoms with E-state index in [4.69, 9.17) is 14.5 Å². The normalized spacial score (nSPS) is 23.5. The number of hydrogen-bond donors (Lipinski definition) is 0. The number of rotatable bonds is 6. The van der Waals surface area contributed by atoms with E-state index in [1.165, 1.54) is 30.3 Å². The van der Waals surface area contributed by atoms with Crippen molar-refractivity contribution in [2.75, 3.05) is 4.90 Å². The van der Waals surface area contributed by atoms with Gasteiger partial charge < -0.3 is 14.2 Å². The summed E-state index contributed by atoms with van der Waals surface area (Å²) in [5.41, 5.74) is 1.46. The van der Waals surface area contributed by atoms with Crippen molar-refractivity contribution in [3.05, 3.63) is 70.7 Å². The maximum absolute atomic E-state index is 14.5. The lowest BCUT2D eigenvalue weighted by Gasteiger charge is -2.40. The van der Waals surface area contributed by atoms with Crippen LogP contribution in [0.3, 0.4) is 0 Å². The highest BCUT2D eigenvalue weighted by Crippen LogP contribution is 2.46. The van der Waals surface area contributed by atoms with Gasteiger partial charge in [-0.15, -0.1) is 0 Å². The molecule has 0 radical (unpaired) electrons. The lowest BCUT2D eigenvalue weighted by Crippen LogP contribution is -2.45. The Morgan fingerprint density at radius 2 is 1.71 bits per heavy atom. The first-order chi connectivity index (χ1) is 17.0. The van der Waals surface area contributed by atoms with Crippen LogP contribution in [0.5, 0.6) is 0 Å². The van der Waals surface area contributed by atoms with Crippen LogP contribution >= 0.6 is 0 Å². The zero-order valence-corrected chi connectivity index (χ0v) is 19.0. The average molecular weight is 480 g/mol. The number of ether oxygens (including phenoxy) is 1. The van der Waals surface area contributed by atoms with Crippen LogP contribution in [-0.2, 0) is 11.3 Å². The summed E-state index contributed by atoms with van der Waals surface area (Å²) >= 11 is 0. The Morgan fingerprint density at radius 3 is 2.34 bits per heavy atom. The Kier molecular flexibility index (Phi) is 5.53. The molecule has 2 saturated heterocycles. The second kappa shape index (κ2) is 8.72. The highest BCUT2D eigenvalue weighted by molar-refractivity contribution is 5.65. The van der Waals surface area contributed by atoms with E-state index in [0.29, 0.717) is 11.3 Å². The topological polar surface area (TPSA) is 62.3 Å². The molecule has 2 bridgehead atoms. The molecule has 0 amide bonds. The van der Waals surface area contributed by atoms with Crippen LogP contribution in [0.4, 0.5) is 18.9 Å². The Hall–Kier alpha value is -3.31. The summed E-state index contributed by atoms with van der Waals surface area (Å²) < 4.78 is 55.1. The van der Waals surface area contributed by atoms with E-state index in [9.17, 15) is 13.2 Å². The highest BCUT2D eigenvalue weighted by Gasteiger charge is 2.42. The van der Waals surface area contributed by atoms with Crippen LogP contribution in [0.2, 0.25) is 0 Å². The van der Waals surface area contributed by atoms with E-state index in [0.717, 1.165) is 44.2 Å². The Balaban J connectivity index is 1.21. The maximum Gasteiger partial charge on any atom is 0.145 e. The van der Waals surface area contributed by atoms with E-state index >= 15 is 0 Å². The molecule has 180 valence electrons. The Labute approximate surface area is 201 Å². The first-order valence-corrected chi connectivity index (χ1v) is 12.1. The van der Waals surface area contributed by atoms with Gasteiger partial charge in [0.25, 0.3) is 0 Å². The summed E-state index contributed by atoms with van der Waals surface area (Å²) in [5, 5.41) is 13.1. The van der Waals surface area contributed by atoms with Gasteiger partial charge in [-0.2, -0.15) is 5.26 Å². The van der Waals surface area contributed by atoms with Crippen molar-refractivity contribution in [3.63, 3.8) is 0 Å². The largest absolute Gasteiger partial charge is 0.373 e. The second-order valence-electron chi connectivity index (χ2n) is 9.72. The number of fused-ring (bicyclic) bond motifs is 2. The summed E-state index contributed by atoms with van der Waals surface area (Å²) in [7, 11) is 0. The molecule has 3 heterocycles. The summed E-state index contributed by atoms with van der Waals surface area (Å²) in [4.78, 5) is 2.25. The third-order valence-electron chi connectivity index (χ3n) is 7.49. The van der Waals surface area contributed by atoms with Gasteiger partial charge in [-0.3, -0.25) is 0 Å². The van der Waals surface area contributed by atoms with Gasteiger partial charge in [0.1, 0.15) is 35.0 Å². The van der Waals surface area contributed by atoms with Crippen LogP contribution < -0.4 is 4.90 Å². The first kappa shape index (κ1) is 22.2. The minimum absolute atomic E-state index is 0.0350. The fourth-order valence-electron chi connectivity index (χ4n) is 5.69. The van der Waals surface area contributed by atoms with Gasteiger partial charge in [-0.25, -0.2) is 13.2 Å². The summed E-state index contributed by atoms with van der Waals surface area (Å²) in [5.74, 6) is -0.980. The summed E-state index contributed by atoms with van der Waals surface area (Å²) in [6, 6.07) is 10.8. The van der Waals surface area contributed by atoms with Crippen molar-refractivity contribution in [1.82, 2.24) is 5.16 Å². The Morgan fingerprint density at radius 1 is 1.00 bits per heavy atom. The van der Waals surface area contributed by atoms with Gasteiger partial charge in [0.15, 0.2) is 0 Å².